The number of rotatable bonds is 4. The number of halogens is 2. The second-order valence-corrected chi connectivity index (χ2v) is 5.26. The molecule has 0 fully saturated rings. The topological polar surface area (TPSA) is 30.0 Å². The number of aromatic nitrogens is 1. The van der Waals surface area contributed by atoms with Crippen molar-refractivity contribution in [1.29, 1.82) is 0 Å². The average Bonchev–Trinajstić information content (AvgIpc) is 2.82. The molecule has 0 N–H and O–H groups in total. The molecule has 1 aromatic heterocycles. The Bertz CT molecular complexity index is 528. The van der Waals surface area contributed by atoms with Crippen LogP contribution in [0.4, 0.5) is 8.78 Å². The number of hydrogen-bond donors (Lipinski definition) is 0. The van der Waals surface area contributed by atoms with Crippen LogP contribution in [0.1, 0.15) is 10.4 Å². The molecule has 0 aliphatic carbocycles. The van der Waals surface area contributed by atoms with Crippen LogP contribution in [-0.4, -0.2) is 16.5 Å². The van der Waals surface area contributed by atoms with Gasteiger partial charge in [0.1, 0.15) is 4.34 Å². The van der Waals surface area contributed by atoms with Gasteiger partial charge in [-0.15, -0.1) is 11.3 Å². The molecule has 0 saturated carbocycles. The highest BCUT2D eigenvalue weighted by Gasteiger charge is 2.10. The molecule has 6 heteroatoms. The van der Waals surface area contributed by atoms with Crippen molar-refractivity contribution in [3.8, 4) is 0 Å². The molecular weight excluding hydrogens is 264 g/mol. The Kier molecular flexibility index (Phi) is 3.86. The van der Waals surface area contributed by atoms with Crippen LogP contribution >= 0.6 is 23.1 Å². The molecule has 1 aromatic carbocycles. The summed E-state index contributed by atoms with van der Waals surface area (Å²) in [5.74, 6) is -2.04. The standard InChI is InChI=1S/C11H7F2NOS2/c12-8-2-1-7(5-9(8)13)10(15)6-17-11-14-3-4-16-11/h1-5H,6H2. The van der Waals surface area contributed by atoms with Crippen LogP contribution in [0, 0.1) is 11.6 Å². The van der Waals surface area contributed by atoms with Crippen molar-refractivity contribution in [1.82, 2.24) is 4.98 Å². The van der Waals surface area contributed by atoms with Crippen LogP contribution in [0.2, 0.25) is 0 Å². The second-order valence-electron chi connectivity index (χ2n) is 3.14. The van der Waals surface area contributed by atoms with Gasteiger partial charge in [-0.25, -0.2) is 13.8 Å². The Labute approximate surface area is 105 Å². The first-order valence-electron chi connectivity index (χ1n) is 4.67. The summed E-state index contributed by atoms with van der Waals surface area (Å²) in [6.07, 6.45) is 1.65. The molecule has 88 valence electrons. The van der Waals surface area contributed by atoms with Crippen molar-refractivity contribution in [2.75, 3.05) is 5.75 Å². The molecule has 0 saturated heterocycles. The van der Waals surface area contributed by atoms with Crippen LogP contribution in [0.15, 0.2) is 34.1 Å². The van der Waals surface area contributed by atoms with E-state index in [0.29, 0.717) is 0 Å². The summed E-state index contributed by atoms with van der Waals surface area (Å²) in [4.78, 5) is 15.7. The lowest BCUT2D eigenvalue weighted by atomic mass is 10.1. The van der Waals surface area contributed by atoms with E-state index >= 15 is 0 Å². The van der Waals surface area contributed by atoms with Gasteiger partial charge in [-0.05, 0) is 18.2 Å². The van der Waals surface area contributed by atoms with Crippen LogP contribution in [0.5, 0.6) is 0 Å². The minimum Gasteiger partial charge on any atom is -0.293 e. The molecule has 17 heavy (non-hydrogen) atoms. The summed E-state index contributed by atoms with van der Waals surface area (Å²) in [5, 5.41) is 1.81. The van der Waals surface area contributed by atoms with E-state index in [0.717, 1.165) is 16.5 Å². The predicted molar refractivity (Wildman–Crippen MR) is 63.5 cm³/mol. The molecule has 0 unspecified atom stereocenters. The maximum absolute atomic E-state index is 12.9. The third-order valence-corrected chi connectivity index (χ3v) is 3.94. The van der Waals surface area contributed by atoms with Crippen molar-refractivity contribution >= 4 is 28.9 Å². The molecule has 0 bridgehead atoms. The first kappa shape index (κ1) is 12.2. The first-order chi connectivity index (χ1) is 8.16. The number of Topliss-reactive ketones (excluding diaryl/α,β-unsaturated/α-hetero) is 1. The first-order valence-corrected chi connectivity index (χ1v) is 6.54. The van der Waals surface area contributed by atoms with E-state index in [9.17, 15) is 13.6 Å². The third-order valence-electron chi connectivity index (χ3n) is 1.98. The number of carbonyl (C=O) groups is 1. The van der Waals surface area contributed by atoms with Crippen molar-refractivity contribution in [2.24, 2.45) is 0 Å². The number of benzene rings is 1. The summed E-state index contributed by atoms with van der Waals surface area (Å²) < 4.78 is 26.4. The fourth-order valence-corrected chi connectivity index (χ4v) is 2.69. The fraction of sp³-hybridized carbons (Fsp3) is 0.0909. The Hall–Kier alpha value is -1.27. The summed E-state index contributed by atoms with van der Waals surface area (Å²) in [6, 6.07) is 3.15. The maximum Gasteiger partial charge on any atom is 0.173 e. The van der Waals surface area contributed by atoms with E-state index < -0.39 is 11.6 Å². The highest BCUT2D eigenvalue weighted by molar-refractivity contribution is 8.01. The monoisotopic (exact) mass is 271 g/mol. The lowest BCUT2D eigenvalue weighted by molar-refractivity contribution is 0.102. The summed E-state index contributed by atoms with van der Waals surface area (Å²) >= 11 is 2.71. The van der Waals surface area contributed by atoms with Gasteiger partial charge in [-0.2, -0.15) is 0 Å². The second kappa shape index (κ2) is 5.37. The molecule has 1 heterocycles. The van der Waals surface area contributed by atoms with Gasteiger partial charge >= 0.3 is 0 Å². The number of ketones is 1. The Morgan fingerprint density at radius 3 is 2.82 bits per heavy atom. The fourth-order valence-electron chi connectivity index (χ4n) is 1.16. The molecule has 2 aromatic rings. The number of thioether (sulfide) groups is 1. The van der Waals surface area contributed by atoms with Crippen LogP contribution in [0.3, 0.4) is 0 Å². The smallest absolute Gasteiger partial charge is 0.173 e. The summed E-state index contributed by atoms with van der Waals surface area (Å²) in [5.41, 5.74) is 0.174. The Morgan fingerprint density at radius 2 is 2.18 bits per heavy atom. The van der Waals surface area contributed by atoms with E-state index in [-0.39, 0.29) is 17.1 Å². The number of carbonyl (C=O) groups excluding carboxylic acids is 1. The predicted octanol–water partition coefficient (Wildman–Crippen LogP) is 3.40. The maximum atomic E-state index is 12.9. The van der Waals surface area contributed by atoms with Gasteiger partial charge in [0.05, 0.1) is 5.75 Å². The highest BCUT2D eigenvalue weighted by Crippen LogP contribution is 2.21. The van der Waals surface area contributed by atoms with Gasteiger partial charge in [0.25, 0.3) is 0 Å². The van der Waals surface area contributed by atoms with Crippen molar-refractivity contribution in [2.45, 2.75) is 4.34 Å². The average molecular weight is 271 g/mol. The molecule has 0 aliphatic heterocycles. The van der Waals surface area contributed by atoms with Crippen molar-refractivity contribution < 1.29 is 13.6 Å². The largest absolute Gasteiger partial charge is 0.293 e. The van der Waals surface area contributed by atoms with Crippen LogP contribution in [-0.2, 0) is 0 Å². The minimum absolute atomic E-state index is 0.165. The lowest BCUT2D eigenvalue weighted by Crippen LogP contribution is -2.03. The van der Waals surface area contributed by atoms with E-state index in [1.54, 1.807) is 6.20 Å². The zero-order chi connectivity index (χ0) is 12.3. The van der Waals surface area contributed by atoms with E-state index in [2.05, 4.69) is 4.98 Å². The van der Waals surface area contributed by atoms with Gasteiger partial charge in [-0.1, -0.05) is 11.8 Å². The molecular formula is C11H7F2NOS2. The Balaban J connectivity index is 2.02. The van der Waals surface area contributed by atoms with Gasteiger partial charge in [0.15, 0.2) is 17.4 Å². The quantitative estimate of drug-likeness (QED) is 0.630. The molecule has 0 aliphatic rings. The van der Waals surface area contributed by atoms with Crippen LogP contribution < -0.4 is 0 Å². The van der Waals surface area contributed by atoms with Crippen molar-refractivity contribution in [3.63, 3.8) is 0 Å². The van der Waals surface area contributed by atoms with Gasteiger partial charge in [-0.3, -0.25) is 4.79 Å². The summed E-state index contributed by atoms with van der Waals surface area (Å²) in [7, 11) is 0. The number of hydrogen-bond acceptors (Lipinski definition) is 4. The summed E-state index contributed by atoms with van der Waals surface area (Å²) in [6.45, 7) is 0. The molecule has 0 amide bonds. The number of thiazole rings is 1. The zero-order valence-corrected chi connectivity index (χ0v) is 10.2. The Morgan fingerprint density at radius 1 is 1.35 bits per heavy atom. The van der Waals surface area contributed by atoms with E-state index in [1.165, 1.54) is 29.2 Å². The van der Waals surface area contributed by atoms with Crippen LogP contribution in [0.25, 0.3) is 0 Å². The van der Waals surface area contributed by atoms with Crippen molar-refractivity contribution in [3.05, 3.63) is 47.0 Å². The molecule has 2 rings (SSSR count). The highest BCUT2D eigenvalue weighted by atomic mass is 32.2. The number of nitrogens with zero attached hydrogens (tertiary/aromatic N) is 1. The molecule has 2 nitrogen and oxygen atoms in total. The molecule has 0 atom stereocenters. The van der Waals surface area contributed by atoms with Gasteiger partial charge < -0.3 is 0 Å². The molecule has 0 spiro atoms. The SMILES string of the molecule is O=C(CSc1nccs1)c1ccc(F)c(F)c1. The minimum atomic E-state index is -1.00. The van der Waals surface area contributed by atoms with Gasteiger partial charge in [0, 0.05) is 17.1 Å². The lowest BCUT2D eigenvalue weighted by Gasteiger charge is -2.00. The van der Waals surface area contributed by atoms with Gasteiger partial charge in [0.2, 0.25) is 0 Å². The molecule has 0 radical (unpaired) electrons. The van der Waals surface area contributed by atoms with E-state index in [4.69, 9.17) is 0 Å². The van der Waals surface area contributed by atoms with E-state index in [1.807, 2.05) is 5.38 Å². The zero-order valence-electron chi connectivity index (χ0n) is 8.52. The third kappa shape index (κ3) is 3.10. The normalized spacial score (nSPS) is 10.5.